The van der Waals surface area contributed by atoms with Crippen LogP contribution in [-0.2, 0) is 11.3 Å². The lowest BCUT2D eigenvalue weighted by Crippen LogP contribution is -2.37. The van der Waals surface area contributed by atoms with E-state index in [-0.39, 0.29) is 12.0 Å². The molecular weight excluding hydrogens is 344 g/mol. The van der Waals surface area contributed by atoms with Gasteiger partial charge in [0.15, 0.2) is 0 Å². The first-order chi connectivity index (χ1) is 13.1. The average Bonchev–Trinajstić information content (AvgIpc) is 3.20. The van der Waals surface area contributed by atoms with Crippen molar-refractivity contribution >= 4 is 11.8 Å². The Balaban J connectivity index is 1.83. The molecule has 2 N–H and O–H groups in total. The van der Waals surface area contributed by atoms with Crippen molar-refractivity contribution in [1.82, 2.24) is 4.90 Å². The molecule has 0 saturated carbocycles. The normalized spacial score (nSPS) is 16.1. The van der Waals surface area contributed by atoms with Gasteiger partial charge in [0.25, 0.3) is 5.91 Å². The first kappa shape index (κ1) is 18.9. The highest BCUT2D eigenvalue weighted by Gasteiger charge is 2.24. The second-order valence-corrected chi connectivity index (χ2v) is 6.57. The molecule has 1 saturated heterocycles. The number of primary amides is 1. The Bertz CT molecular complexity index is 798. The van der Waals surface area contributed by atoms with Gasteiger partial charge in [-0.1, -0.05) is 18.2 Å². The minimum Gasteiger partial charge on any atom is -0.496 e. The van der Waals surface area contributed by atoms with E-state index in [1.54, 1.807) is 36.3 Å². The average molecular weight is 368 g/mol. The van der Waals surface area contributed by atoms with E-state index in [4.69, 9.17) is 15.2 Å². The summed E-state index contributed by atoms with van der Waals surface area (Å²) < 4.78 is 11.2. The zero-order chi connectivity index (χ0) is 19.2. The summed E-state index contributed by atoms with van der Waals surface area (Å²) in [6.07, 6.45) is 1.99. The van der Waals surface area contributed by atoms with Gasteiger partial charge in [0.1, 0.15) is 5.75 Å². The lowest BCUT2D eigenvalue weighted by molar-refractivity contribution is 0.0505. The second kappa shape index (κ2) is 8.68. The van der Waals surface area contributed by atoms with Gasteiger partial charge in [0.05, 0.1) is 13.2 Å². The number of rotatable bonds is 7. The predicted molar refractivity (Wildman–Crippen MR) is 102 cm³/mol. The lowest BCUT2D eigenvalue weighted by Gasteiger charge is -2.26. The van der Waals surface area contributed by atoms with Crippen molar-refractivity contribution in [2.45, 2.75) is 25.5 Å². The van der Waals surface area contributed by atoms with Crippen molar-refractivity contribution < 1.29 is 19.1 Å². The highest BCUT2D eigenvalue weighted by molar-refractivity contribution is 5.97. The first-order valence-electron chi connectivity index (χ1n) is 9.01. The summed E-state index contributed by atoms with van der Waals surface area (Å²) in [6, 6.07) is 14.1. The number of amides is 2. The van der Waals surface area contributed by atoms with Gasteiger partial charge in [0, 0.05) is 36.4 Å². The topological polar surface area (TPSA) is 81.9 Å². The number of carbonyl (C=O) groups is 2. The molecule has 0 aliphatic carbocycles. The van der Waals surface area contributed by atoms with Crippen molar-refractivity contribution in [2.75, 3.05) is 20.3 Å². The molecule has 6 nitrogen and oxygen atoms in total. The van der Waals surface area contributed by atoms with Crippen LogP contribution in [0.25, 0.3) is 0 Å². The monoisotopic (exact) mass is 368 g/mol. The van der Waals surface area contributed by atoms with Gasteiger partial charge < -0.3 is 20.1 Å². The molecule has 1 atom stereocenters. The van der Waals surface area contributed by atoms with E-state index in [1.165, 1.54) is 0 Å². The lowest BCUT2D eigenvalue weighted by atomic mass is 10.1. The molecule has 1 aliphatic rings. The zero-order valence-electron chi connectivity index (χ0n) is 15.4. The molecule has 6 heteroatoms. The largest absolute Gasteiger partial charge is 0.496 e. The van der Waals surface area contributed by atoms with Crippen LogP contribution < -0.4 is 10.5 Å². The van der Waals surface area contributed by atoms with E-state index >= 15 is 0 Å². The van der Waals surface area contributed by atoms with Crippen molar-refractivity contribution in [2.24, 2.45) is 5.73 Å². The second-order valence-electron chi connectivity index (χ2n) is 6.57. The van der Waals surface area contributed by atoms with E-state index in [2.05, 4.69) is 0 Å². The van der Waals surface area contributed by atoms with Crippen LogP contribution in [0, 0.1) is 0 Å². The van der Waals surface area contributed by atoms with E-state index in [1.807, 2.05) is 24.3 Å². The fraction of sp³-hybridized carbons (Fsp3) is 0.333. The number of benzene rings is 2. The maximum absolute atomic E-state index is 13.1. The third-order valence-corrected chi connectivity index (χ3v) is 4.71. The van der Waals surface area contributed by atoms with Gasteiger partial charge >= 0.3 is 0 Å². The van der Waals surface area contributed by atoms with Gasteiger partial charge in [-0.15, -0.1) is 0 Å². The number of nitrogens with two attached hydrogens (primary N) is 1. The highest BCUT2D eigenvalue weighted by Crippen LogP contribution is 2.22. The van der Waals surface area contributed by atoms with Crippen LogP contribution in [-0.4, -0.2) is 43.1 Å². The van der Waals surface area contributed by atoms with Crippen LogP contribution in [0.3, 0.4) is 0 Å². The smallest absolute Gasteiger partial charge is 0.254 e. The summed E-state index contributed by atoms with van der Waals surface area (Å²) in [5, 5.41) is 0. The SMILES string of the molecule is COc1ccccc1CN(CC1CCCO1)C(=O)c1ccc(C(N)=O)cc1. The van der Waals surface area contributed by atoms with Gasteiger partial charge in [-0.25, -0.2) is 0 Å². The molecule has 1 heterocycles. The third-order valence-electron chi connectivity index (χ3n) is 4.71. The maximum atomic E-state index is 13.1. The Labute approximate surface area is 158 Å². The number of para-hydroxylation sites is 1. The summed E-state index contributed by atoms with van der Waals surface area (Å²) in [5.74, 6) is 0.110. The molecule has 0 spiro atoms. The van der Waals surface area contributed by atoms with E-state index in [9.17, 15) is 9.59 Å². The van der Waals surface area contributed by atoms with Crippen molar-refractivity contribution in [3.63, 3.8) is 0 Å². The van der Waals surface area contributed by atoms with E-state index in [0.717, 1.165) is 30.8 Å². The molecule has 1 unspecified atom stereocenters. The quantitative estimate of drug-likeness (QED) is 0.814. The molecule has 142 valence electrons. The van der Waals surface area contributed by atoms with Crippen LogP contribution in [0.15, 0.2) is 48.5 Å². The number of nitrogens with zero attached hydrogens (tertiary/aromatic N) is 1. The molecule has 2 aromatic rings. The number of methoxy groups -OCH3 is 1. The van der Waals surface area contributed by atoms with Crippen LogP contribution in [0.5, 0.6) is 5.75 Å². The zero-order valence-corrected chi connectivity index (χ0v) is 15.4. The van der Waals surface area contributed by atoms with Crippen LogP contribution in [0.4, 0.5) is 0 Å². The first-order valence-corrected chi connectivity index (χ1v) is 9.01. The Kier molecular flexibility index (Phi) is 6.08. The van der Waals surface area contributed by atoms with Crippen molar-refractivity contribution in [1.29, 1.82) is 0 Å². The number of hydrogen-bond acceptors (Lipinski definition) is 4. The molecule has 27 heavy (non-hydrogen) atoms. The van der Waals surface area contributed by atoms with Crippen molar-refractivity contribution in [3.8, 4) is 5.75 Å². The predicted octanol–water partition coefficient (Wildman–Crippen LogP) is 2.62. The molecule has 2 aromatic carbocycles. The molecule has 2 amide bonds. The summed E-state index contributed by atoms with van der Waals surface area (Å²) in [6.45, 7) is 1.66. The molecule has 1 fully saturated rings. The van der Waals surface area contributed by atoms with Crippen LogP contribution >= 0.6 is 0 Å². The van der Waals surface area contributed by atoms with Crippen LogP contribution in [0.2, 0.25) is 0 Å². The minimum atomic E-state index is -0.515. The molecular formula is C21H24N2O4. The Morgan fingerprint density at radius 3 is 2.48 bits per heavy atom. The maximum Gasteiger partial charge on any atom is 0.254 e. The third kappa shape index (κ3) is 4.65. The minimum absolute atomic E-state index is 0.0357. The Morgan fingerprint density at radius 1 is 1.15 bits per heavy atom. The Morgan fingerprint density at radius 2 is 1.85 bits per heavy atom. The van der Waals surface area contributed by atoms with Gasteiger partial charge in [-0.3, -0.25) is 9.59 Å². The fourth-order valence-corrected chi connectivity index (χ4v) is 3.25. The molecule has 0 aromatic heterocycles. The summed E-state index contributed by atoms with van der Waals surface area (Å²) in [5.41, 5.74) is 7.09. The summed E-state index contributed by atoms with van der Waals surface area (Å²) >= 11 is 0. The van der Waals surface area contributed by atoms with E-state index < -0.39 is 5.91 Å². The van der Waals surface area contributed by atoms with Gasteiger partial charge in [-0.2, -0.15) is 0 Å². The molecule has 1 aliphatic heterocycles. The molecule has 0 radical (unpaired) electrons. The van der Waals surface area contributed by atoms with Crippen molar-refractivity contribution in [3.05, 3.63) is 65.2 Å². The van der Waals surface area contributed by atoms with Crippen LogP contribution in [0.1, 0.15) is 39.1 Å². The standard InChI is InChI=1S/C21H24N2O4/c1-26-19-7-3-2-5-17(19)13-23(14-18-6-4-12-27-18)21(25)16-10-8-15(9-11-16)20(22)24/h2-3,5,7-11,18H,4,6,12-14H2,1H3,(H2,22,24). The summed E-state index contributed by atoms with van der Waals surface area (Å²) in [7, 11) is 1.62. The number of ether oxygens (including phenoxy) is 2. The number of carbonyl (C=O) groups excluding carboxylic acids is 2. The fourth-order valence-electron chi connectivity index (χ4n) is 3.25. The van der Waals surface area contributed by atoms with Gasteiger partial charge in [0.2, 0.25) is 5.91 Å². The highest BCUT2D eigenvalue weighted by atomic mass is 16.5. The summed E-state index contributed by atoms with van der Waals surface area (Å²) in [4.78, 5) is 26.2. The molecule has 0 bridgehead atoms. The van der Waals surface area contributed by atoms with Gasteiger partial charge in [-0.05, 0) is 43.2 Å². The van der Waals surface area contributed by atoms with E-state index in [0.29, 0.717) is 24.2 Å². The number of hydrogen-bond donors (Lipinski definition) is 1. The molecule has 3 rings (SSSR count). The Hall–Kier alpha value is -2.86.